The molecule has 3 rings (SSSR count). The summed E-state index contributed by atoms with van der Waals surface area (Å²) >= 11 is 0. The minimum absolute atomic E-state index is 0.234. The van der Waals surface area contributed by atoms with Gasteiger partial charge in [0.15, 0.2) is 18.9 Å². The number of carbonyl (C=O) groups is 1. The van der Waals surface area contributed by atoms with Gasteiger partial charge in [0.1, 0.15) is 73.2 Å². The van der Waals surface area contributed by atoms with E-state index in [1.807, 2.05) is 0 Å². The Morgan fingerprint density at radius 3 is 0.946 bits per heavy atom. The topological polar surface area (TPSA) is 307 Å². The van der Waals surface area contributed by atoms with Gasteiger partial charge in [-0.15, -0.1) is 0 Å². The quantitative estimate of drug-likeness (QED) is 0.0252. The van der Waals surface area contributed by atoms with Crippen molar-refractivity contribution in [1.29, 1.82) is 0 Å². The lowest BCUT2D eigenvalue weighted by Crippen LogP contribution is -2.66. The van der Waals surface area contributed by atoms with Gasteiger partial charge in [0.25, 0.3) is 0 Å². The molecule has 3 heterocycles. The molecule has 12 N–H and O–H groups in total. The molecule has 19 nitrogen and oxygen atoms in total. The molecule has 0 aromatic carbocycles. The molecule has 3 saturated heterocycles. The zero-order valence-electron chi connectivity index (χ0n) is 58.1. The van der Waals surface area contributed by atoms with Gasteiger partial charge in [0.05, 0.1) is 38.6 Å². The van der Waals surface area contributed by atoms with Crippen LogP contribution in [0.1, 0.15) is 328 Å². The Morgan fingerprint density at radius 2 is 0.620 bits per heavy atom. The first-order valence-electron chi connectivity index (χ1n) is 38.3. The highest BCUT2D eigenvalue weighted by atomic mass is 16.8. The Morgan fingerprint density at radius 1 is 0.348 bits per heavy atom. The SMILES string of the molecule is CCCCCCCCCCCCCCCCCCCCCCCCCCCCCCC(O)C(COC1OC(CO)C(OC2OC(CO)C(OC3OC(CO)C(O)C(O)C3O)C(O)C2O)C(O)C1O)NC(=O)CCCCCCCCCCCCCCCCCCCCC. The summed E-state index contributed by atoms with van der Waals surface area (Å²) in [5, 5.41) is 121. The van der Waals surface area contributed by atoms with Gasteiger partial charge in [-0.05, 0) is 12.8 Å². The van der Waals surface area contributed by atoms with E-state index in [4.69, 9.17) is 28.4 Å². The van der Waals surface area contributed by atoms with Crippen molar-refractivity contribution >= 4 is 5.91 Å². The van der Waals surface area contributed by atoms with Crippen LogP contribution in [0.5, 0.6) is 0 Å². The van der Waals surface area contributed by atoms with E-state index < -0.39 is 124 Å². The summed E-state index contributed by atoms with van der Waals surface area (Å²) in [7, 11) is 0. The van der Waals surface area contributed by atoms with Gasteiger partial charge >= 0.3 is 0 Å². The molecule has 19 heteroatoms. The number of rotatable bonds is 61. The van der Waals surface area contributed by atoms with Crippen LogP contribution >= 0.6 is 0 Å². The number of carbonyl (C=O) groups excluding carboxylic acids is 1. The molecule has 3 fully saturated rings. The van der Waals surface area contributed by atoms with Crippen LogP contribution in [0, 0.1) is 0 Å². The molecule has 92 heavy (non-hydrogen) atoms. The molecule has 17 atom stereocenters. The van der Waals surface area contributed by atoms with E-state index in [0.717, 1.165) is 44.9 Å². The molecule has 0 aliphatic carbocycles. The second-order valence-corrected chi connectivity index (χ2v) is 27.8. The number of hydrogen-bond donors (Lipinski definition) is 12. The van der Waals surface area contributed by atoms with E-state index in [0.29, 0.717) is 12.8 Å². The smallest absolute Gasteiger partial charge is 0.220 e. The van der Waals surface area contributed by atoms with E-state index in [1.165, 1.54) is 250 Å². The Hall–Kier alpha value is -1.21. The predicted molar refractivity (Wildman–Crippen MR) is 361 cm³/mol. The van der Waals surface area contributed by atoms with Crippen LogP contribution in [0.4, 0.5) is 0 Å². The highest BCUT2D eigenvalue weighted by Crippen LogP contribution is 2.33. The third-order valence-corrected chi connectivity index (χ3v) is 19.7. The highest BCUT2D eigenvalue weighted by molar-refractivity contribution is 5.76. The first-order chi connectivity index (χ1) is 44.8. The van der Waals surface area contributed by atoms with Crippen LogP contribution in [-0.2, 0) is 33.2 Å². The second-order valence-electron chi connectivity index (χ2n) is 27.8. The fourth-order valence-electron chi connectivity index (χ4n) is 13.5. The van der Waals surface area contributed by atoms with Gasteiger partial charge in [-0.25, -0.2) is 0 Å². The maximum atomic E-state index is 13.5. The van der Waals surface area contributed by atoms with Gasteiger partial charge in [0.2, 0.25) is 5.91 Å². The normalized spacial score (nSPS) is 27.6. The van der Waals surface area contributed by atoms with E-state index in [-0.39, 0.29) is 18.9 Å². The Kier molecular flexibility index (Phi) is 51.4. The van der Waals surface area contributed by atoms with E-state index >= 15 is 0 Å². The fourth-order valence-corrected chi connectivity index (χ4v) is 13.5. The minimum atomic E-state index is -1.97. The maximum Gasteiger partial charge on any atom is 0.220 e. The van der Waals surface area contributed by atoms with Crippen molar-refractivity contribution in [3.63, 3.8) is 0 Å². The molecule has 1 amide bonds. The summed E-state index contributed by atoms with van der Waals surface area (Å²) in [4.78, 5) is 13.5. The van der Waals surface area contributed by atoms with Gasteiger partial charge in [-0.1, -0.05) is 309 Å². The van der Waals surface area contributed by atoms with Gasteiger partial charge in [0, 0.05) is 6.42 Å². The molecule has 3 aliphatic rings. The third kappa shape index (κ3) is 36.6. The monoisotopic (exact) mass is 1320 g/mol. The molecular weight excluding hydrogens is 1180 g/mol. The van der Waals surface area contributed by atoms with Crippen LogP contribution in [0.3, 0.4) is 0 Å². The summed E-state index contributed by atoms with van der Waals surface area (Å²) in [6, 6.07) is -0.882. The summed E-state index contributed by atoms with van der Waals surface area (Å²) in [6.07, 6.45) is 34.7. The molecule has 0 radical (unpaired) electrons. The molecular formula is C73H141NO18. The van der Waals surface area contributed by atoms with E-state index in [2.05, 4.69) is 19.2 Å². The molecule has 17 unspecified atom stereocenters. The Labute approximate surface area is 557 Å². The molecule has 0 spiro atoms. The van der Waals surface area contributed by atoms with Gasteiger partial charge < -0.3 is 89.9 Å². The standard InChI is InChI=1S/C73H141NO18/c1-3-5-7-9-11-13-15-17-19-21-23-24-25-26-27-28-29-30-31-33-34-36-38-40-42-44-46-48-50-57(78)56(74-61(79)51-49-47-45-43-41-39-37-35-32-22-20-18-16-14-12-10-8-6-4-2)55-87-71-67(85)64(82)69(59(53-76)89-71)92-73-68(86)65(83)70(60(54-77)90-73)91-72-66(84)63(81)62(80)58(52-75)88-72/h56-60,62-73,75-78,80-86H,3-55H2,1-2H3,(H,74,79). The average Bonchev–Trinajstić information content (AvgIpc) is 0.843. The minimum Gasteiger partial charge on any atom is -0.394 e. The third-order valence-electron chi connectivity index (χ3n) is 19.7. The summed E-state index contributed by atoms with van der Waals surface area (Å²) in [6.45, 7) is 1.86. The number of ether oxygens (including phenoxy) is 6. The highest BCUT2D eigenvalue weighted by Gasteiger charge is 2.53. The molecule has 0 saturated carbocycles. The van der Waals surface area contributed by atoms with Crippen LogP contribution in [0.15, 0.2) is 0 Å². The second kappa shape index (κ2) is 55.6. The molecule has 546 valence electrons. The molecule has 0 aromatic heterocycles. The van der Waals surface area contributed by atoms with Crippen LogP contribution < -0.4 is 5.32 Å². The van der Waals surface area contributed by atoms with Crippen molar-refractivity contribution in [1.82, 2.24) is 5.32 Å². The maximum absolute atomic E-state index is 13.5. The molecule has 0 bridgehead atoms. The lowest BCUT2D eigenvalue weighted by atomic mass is 9.96. The first-order valence-corrected chi connectivity index (χ1v) is 38.3. The predicted octanol–water partition coefficient (Wildman–Crippen LogP) is 11.5. The fraction of sp³-hybridized carbons (Fsp3) is 0.986. The lowest BCUT2D eigenvalue weighted by molar-refractivity contribution is -0.379. The van der Waals surface area contributed by atoms with E-state index in [9.17, 15) is 61.0 Å². The molecule has 3 aliphatic heterocycles. The first kappa shape index (κ1) is 85.0. The van der Waals surface area contributed by atoms with E-state index in [1.54, 1.807) is 0 Å². The zero-order valence-corrected chi connectivity index (χ0v) is 58.1. The van der Waals surface area contributed by atoms with Crippen LogP contribution in [0.25, 0.3) is 0 Å². The number of unbranched alkanes of at least 4 members (excludes halogenated alkanes) is 45. The van der Waals surface area contributed by atoms with Crippen molar-refractivity contribution in [2.75, 3.05) is 26.4 Å². The molecule has 0 aromatic rings. The number of amides is 1. The summed E-state index contributed by atoms with van der Waals surface area (Å²) in [5.41, 5.74) is 0. The largest absolute Gasteiger partial charge is 0.394 e. The summed E-state index contributed by atoms with van der Waals surface area (Å²) < 4.78 is 34.5. The van der Waals surface area contributed by atoms with Crippen LogP contribution in [0.2, 0.25) is 0 Å². The van der Waals surface area contributed by atoms with Crippen molar-refractivity contribution in [2.24, 2.45) is 0 Å². The van der Waals surface area contributed by atoms with Crippen molar-refractivity contribution in [3.8, 4) is 0 Å². The van der Waals surface area contributed by atoms with Gasteiger partial charge in [-0.3, -0.25) is 4.79 Å². The number of nitrogens with one attached hydrogen (secondary N) is 1. The zero-order chi connectivity index (χ0) is 66.8. The van der Waals surface area contributed by atoms with Crippen molar-refractivity contribution < 1.29 is 89.4 Å². The lowest BCUT2D eigenvalue weighted by Gasteiger charge is -2.48. The number of hydrogen-bond acceptors (Lipinski definition) is 18. The Bertz CT molecular complexity index is 1670. The van der Waals surface area contributed by atoms with Crippen molar-refractivity contribution in [2.45, 2.75) is 433 Å². The van der Waals surface area contributed by atoms with Crippen LogP contribution in [-0.4, -0.2) is 193 Å². The van der Waals surface area contributed by atoms with Crippen molar-refractivity contribution in [3.05, 3.63) is 0 Å². The number of aliphatic hydroxyl groups excluding tert-OH is 11. The average molecular weight is 1320 g/mol. The number of aliphatic hydroxyl groups is 11. The Balaban J connectivity index is 1.38. The van der Waals surface area contributed by atoms with Gasteiger partial charge in [-0.2, -0.15) is 0 Å². The summed E-state index contributed by atoms with van der Waals surface area (Å²) in [5.74, 6) is -0.234.